The molecule has 0 spiro atoms. The lowest BCUT2D eigenvalue weighted by atomic mass is 10.1. The van der Waals surface area contributed by atoms with Gasteiger partial charge in [0.15, 0.2) is 0 Å². The van der Waals surface area contributed by atoms with Crippen molar-refractivity contribution in [2.45, 2.75) is 19.9 Å². The van der Waals surface area contributed by atoms with Crippen LogP contribution in [0.3, 0.4) is 0 Å². The lowest BCUT2D eigenvalue weighted by Gasteiger charge is -2.32. The van der Waals surface area contributed by atoms with Crippen molar-refractivity contribution in [2.75, 3.05) is 50.6 Å². The summed E-state index contributed by atoms with van der Waals surface area (Å²) in [5.41, 5.74) is 3.15. The van der Waals surface area contributed by atoms with Crippen molar-refractivity contribution in [1.29, 1.82) is 0 Å². The van der Waals surface area contributed by atoms with Crippen molar-refractivity contribution in [3.05, 3.63) is 28.3 Å². The first-order valence-corrected chi connectivity index (χ1v) is 9.75. The third-order valence-corrected chi connectivity index (χ3v) is 5.11. The Bertz CT molecular complexity index is 545. The van der Waals surface area contributed by atoms with E-state index in [1.54, 1.807) is 11.8 Å². The molecule has 0 atom stereocenters. The number of rotatable bonds is 6. The van der Waals surface area contributed by atoms with Crippen LogP contribution in [0.2, 0.25) is 5.02 Å². The molecule has 1 aliphatic heterocycles. The van der Waals surface area contributed by atoms with Gasteiger partial charge in [-0.1, -0.05) is 11.6 Å². The molecular weight excluding hydrogens is 330 g/mol. The highest BCUT2D eigenvalue weighted by molar-refractivity contribution is 7.98. The second-order valence-electron chi connectivity index (χ2n) is 6.11. The molecule has 0 radical (unpaired) electrons. The number of piperazine rings is 1. The molecule has 23 heavy (non-hydrogen) atoms. The SMILES string of the molecule is CSCCC(=O)Nc1cc(Cl)cc(CN2CCN(C)CC2)c1C. The topological polar surface area (TPSA) is 35.6 Å². The maximum atomic E-state index is 12.0. The van der Waals surface area contributed by atoms with Gasteiger partial charge in [-0.2, -0.15) is 11.8 Å². The fourth-order valence-corrected chi connectivity index (χ4v) is 3.31. The fraction of sp³-hybridized carbons (Fsp3) is 0.588. The number of nitrogens with zero attached hydrogens (tertiary/aromatic N) is 2. The second-order valence-corrected chi connectivity index (χ2v) is 7.53. The largest absolute Gasteiger partial charge is 0.326 e. The maximum absolute atomic E-state index is 12.0. The summed E-state index contributed by atoms with van der Waals surface area (Å²) in [7, 11) is 2.16. The van der Waals surface area contributed by atoms with Crippen LogP contribution in [-0.2, 0) is 11.3 Å². The Morgan fingerprint density at radius 1 is 1.30 bits per heavy atom. The van der Waals surface area contributed by atoms with E-state index in [-0.39, 0.29) is 5.91 Å². The number of hydrogen-bond donors (Lipinski definition) is 1. The molecule has 1 aromatic rings. The number of carbonyl (C=O) groups excluding carboxylic acids is 1. The van der Waals surface area contributed by atoms with E-state index in [0.29, 0.717) is 11.4 Å². The lowest BCUT2D eigenvalue weighted by molar-refractivity contribution is -0.115. The van der Waals surface area contributed by atoms with E-state index < -0.39 is 0 Å². The molecule has 0 bridgehead atoms. The monoisotopic (exact) mass is 355 g/mol. The van der Waals surface area contributed by atoms with E-state index in [2.05, 4.69) is 29.1 Å². The van der Waals surface area contributed by atoms with E-state index in [1.165, 1.54) is 5.56 Å². The van der Waals surface area contributed by atoms with Gasteiger partial charge in [0.1, 0.15) is 0 Å². The average Bonchev–Trinajstić information content (AvgIpc) is 2.52. The summed E-state index contributed by atoms with van der Waals surface area (Å²) in [6.45, 7) is 7.27. The first-order chi connectivity index (χ1) is 11.0. The Hall–Kier alpha value is -0.750. The Kier molecular flexibility index (Phi) is 7.21. The highest BCUT2D eigenvalue weighted by atomic mass is 35.5. The Morgan fingerprint density at radius 3 is 2.65 bits per heavy atom. The lowest BCUT2D eigenvalue weighted by Crippen LogP contribution is -2.44. The normalized spacial score (nSPS) is 16.5. The van der Waals surface area contributed by atoms with Gasteiger partial charge < -0.3 is 10.2 Å². The van der Waals surface area contributed by atoms with E-state index in [9.17, 15) is 4.79 Å². The van der Waals surface area contributed by atoms with Crippen molar-refractivity contribution in [2.24, 2.45) is 0 Å². The third kappa shape index (κ3) is 5.68. The van der Waals surface area contributed by atoms with E-state index >= 15 is 0 Å². The predicted molar refractivity (Wildman–Crippen MR) is 101 cm³/mol. The molecule has 1 heterocycles. The number of benzene rings is 1. The molecule has 0 unspecified atom stereocenters. The third-order valence-electron chi connectivity index (χ3n) is 4.28. The molecule has 6 heteroatoms. The van der Waals surface area contributed by atoms with Crippen LogP contribution in [0.25, 0.3) is 0 Å². The average molecular weight is 356 g/mol. The Morgan fingerprint density at radius 2 is 2.00 bits per heavy atom. The summed E-state index contributed by atoms with van der Waals surface area (Å²) in [4.78, 5) is 16.8. The second kappa shape index (κ2) is 8.92. The zero-order chi connectivity index (χ0) is 16.8. The summed E-state index contributed by atoms with van der Waals surface area (Å²) < 4.78 is 0. The minimum absolute atomic E-state index is 0.0512. The van der Waals surface area contributed by atoms with Crippen LogP contribution in [0.4, 0.5) is 5.69 Å². The molecule has 0 saturated carbocycles. The molecule has 4 nitrogen and oxygen atoms in total. The van der Waals surface area contributed by atoms with Crippen molar-refractivity contribution in [1.82, 2.24) is 9.80 Å². The number of nitrogens with one attached hydrogen (secondary N) is 1. The van der Waals surface area contributed by atoms with E-state index in [4.69, 9.17) is 11.6 Å². The van der Waals surface area contributed by atoms with Crippen molar-refractivity contribution in [3.8, 4) is 0 Å². The van der Waals surface area contributed by atoms with Crippen molar-refractivity contribution >= 4 is 35.0 Å². The van der Waals surface area contributed by atoms with E-state index in [1.807, 2.05) is 18.4 Å². The van der Waals surface area contributed by atoms with Crippen LogP contribution < -0.4 is 5.32 Å². The van der Waals surface area contributed by atoms with Crippen LogP contribution in [0.15, 0.2) is 12.1 Å². The van der Waals surface area contributed by atoms with Crippen LogP contribution >= 0.6 is 23.4 Å². The molecule has 2 rings (SSSR count). The maximum Gasteiger partial charge on any atom is 0.225 e. The molecule has 128 valence electrons. The molecule has 0 aliphatic carbocycles. The number of anilines is 1. The summed E-state index contributed by atoms with van der Waals surface area (Å²) in [5.74, 6) is 0.884. The van der Waals surface area contributed by atoms with Crippen molar-refractivity contribution in [3.63, 3.8) is 0 Å². The standard InChI is InChI=1S/C17H26ClN3OS/c1-13-14(12-21-7-5-20(2)6-8-21)10-15(18)11-16(13)19-17(22)4-9-23-3/h10-11H,4-9,12H2,1-3H3,(H,19,22). The number of thioether (sulfide) groups is 1. The number of halogens is 1. The highest BCUT2D eigenvalue weighted by Crippen LogP contribution is 2.26. The van der Waals surface area contributed by atoms with Crippen LogP contribution in [0, 0.1) is 6.92 Å². The van der Waals surface area contributed by atoms with Crippen LogP contribution in [0.1, 0.15) is 17.5 Å². The van der Waals surface area contributed by atoms with Gasteiger partial charge in [0.2, 0.25) is 5.91 Å². The minimum atomic E-state index is 0.0512. The van der Waals surface area contributed by atoms with E-state index in [0.717, 1.165) is 49.7 Å². The molecule has 1 fully saturated rings. The first-order valence-electron chi connectivity index (χ1n) is 7.98. The van der Waals surface area contributed by atoms with Gasteiger partial charge in [-0.3, -0.25) is 9.69 Å². The zero-order valence-corrected chi connectivity index (χ0v) is 15.8. The Balaban J connectivity index is 2.06. The number of hydrogen-bond acceptors (Lipinski definition) is 4. The number of likely N-dealkylation sites (N-methyl/N-ethyl adjacent to an activating group) is 1. The summed E-state index contributed by atoms with van der Waals surface area (Å²) in [5, 5.41) is 3.69. The van der Waals surface area contributed by atoms with Gasteiger partial charge in [0.25, 0.3) is 0 Å². The number of carbonyl (C=O) groups is 1. The molecule has 1 aromatic carbocycles. The van der Waals surface area contributed by atoms with Gasteiger partial charge in [-0.05, 0) is 43.5 Å². The van der Waals surface area contributed by atoms with Gasteiger partial charge in [0, 0.05) is 55.6 Å². The number of amides is 1. The zero-order valence-electron chi connectivity index (χ0n) is 14.2. The van der Waals surface area contributed by atoms with Crippen molar-refractivity contribution < 1.29 is 4.79 Å². The molecule has 0 aromatic heterocycles. The summed E-state index contributed by atoms with van der Waals surface area (Å²) in [6.07, 6.45) is 2.53. The van der Waals surface area contributed by atoms with Gasteiger partial charge >= 0.3 is 0 Å². The first kappa shape index (κ1) is 18.6. The smallest absolute Gasteiger partial charge is 0.225 e. The highest BCUT2D eigenvalue weighted by Gasteiger charge is 2.16. The van der Waals surface area contributed by atoms with Gasteiger partial charge in [-0.15, -0.1) is 0 Å². The molecule has 1 saturated heterocycles. The van der Waals surface area contributed by atoms with Gasteiger partial charge in [-0.25, -0.2) is 0 Å². The Labute approximate surface area is 148 Å². The quantitative estimate of drug-likeness (QED) is 0.850. The molecule has 1 aliphatic rings. The summed E-state index contributed by atoms with van der Waals surface area (Å²) in [6, 6.07) is 3.87. The summed E-state index contributed by atoms with van der Waals surface area (Å²) >= 11 is 7.95. The van der Waals surface area contributed by atoms with Crippen LogP contribution in [0.5, 0.6) is 0 Å². The molecule has 1 amide bonds. The molecular formula is C17H26ClN3OS. The molecule has 1 N–H and O–H groups in total. The van der Waals surface area contributed by atoms with Crippen LogP contribution in [-0.4, -0.2) is 60.9 Å². The van der Waals surface area contributed by atoms with Gasteiger partial charge in [0.05, 0.1) is 0 Å². The predicted octanol–water partition coefficient (Wildman–Crippen LogP) is 3.09. The minimum Gasteiger partial charge on any atom is -0.326 e. The fourth-order valence-electron chi connectivity index (χ4n) is 2.68.